The minimum absolute atomic E-state index is 0.249. The lowest BCUT2D eigenvalue weighted by molar-refractivity contribution is -0.0635. The molecule has 3 heteroatoms. The van der Waals surface area contributed by atoms with Crippen LogP contribution in [0.25, 0.3) is 0 Å². The molecule has 0 spiro atoms. The first-order valence-corrected chi connectivity index (χ1v) is 3.27. The first-order valence-electron chi connectivity index (χ1n) is 3.27. The highest BCUT2D eigenvalue weighted by molar-refractivity contribution is 5.00. The van der Waals surface area contributed by atoms with Gasteiger partial charge in [0.2, 0.25) is 0 Å². The van der Waals surface area contributed by atoms with E-state index in [1.54, 1.807) is 0 Å². The summed E-state index contributed by atoms with van der Waals surface area (Å²) in [7, 11) is 0. The standard InChI is InChI=1S/C6H10NO2/c1-2-9-6-4-7-3-5(6)8-1/h5,7H,1-4H2/t5-/m1/s1. The summed E-state index contributed by atoms with van der Waals surface area (Å²) >= 11 is 0. The zero-order valence-electron chi connectivity index (χ0n) is 5.22. The fraction of sp³-hybridized carbons (Fsp3) is 0.833. The van der Waals surface area contributed by atoms with Crippen LogP contribution in [0, 0.1) is 6.10 Å². The van der Waals surface area contributed by atoms with E-state index in [-0.39, 0.29) is 6.10 Å². The largest absolute Gasteiger partial charge is 0.371 e. The molecule has 0 aromatic rings. The number of nitrogens with one attached hydrogen (secondary N) is 1. The molecule has 0 unspecified atom stereocenters. The summed E-state index contributed by atoms with van der Waals surface area (Å²) in [6.45, 7) is 3.28. The highest BCUT2D eigenvalue weighted by atomic mass is 16.6. The third-order valence-electron chi connectivity index (χ3n) is 1.68. The van der Waals surface area contributed by atoms with E-state index in [9.17, 15) is 0 Å². The van der Waals surface area contributed by atoms with Crippen LogP contribution in [0.3, 0.4) is 0 Å². The van der Waals surface area contributed by atoms with Gasteiger partial charge in [0.15, 0.2) is 0 Å². The molecule has 2 rings (SSSR count). The maximum absolute atomic E-state index is 5.38. The average molecular weight is 128 g/mol. The number of ether oxygens (including phenoxy) is 2. The van der Waals surface area contributed by atoms with E-state index in [0.717, 1.165) is 32.4 Å². The molecule has 0 aromatic heterocycles. The average Bonchev–Trinajstić information content (AvgIpc) is 2.33. The van der Waals surface area contributed by atoms with Gasteiger partial charge in [-0.15, -0.1) is 0 Å². The van der Waals surface area contributed by atoms with E-state index >= 15 is 0 Å². The molecule has 2 fully saturated rings. The van der Waals surface area contributed by atoms with Crippen LogP contribution in [0.1, 0.15) is 0 Å². The Balaban J connectivity index is 1.97. The Kier molecular flexibility index (Phi) is 1.41. The van der Waals surface area contributed by atoms with E-state index in [0.29, 0.717) is 0 Å². The lowest BCUT2D eigenvalue weighted by atomic mass is 10.2. The van der Waals surface area contributed by atoms with Gasteiger partial charge >= 0.3 is 0 Å². The number of rotatable bonds is 0. The SMILES string of the molecule is C1CO[C@@H]2CNC[C]2O1. The molecule has 51 valence electrons. The van der Waals surface area contributed by atoms with Crippen LogP contribution < -0.4 is 5.32 Å². The van der Waals surface area contributed by atoms with Crippen molar-refractivity contribution in [2.24, 2.45) is 0 Å². The van der Waals surface area contributed by atoms with Crippen molar-refractivity contribution < 1.29 is 9.47 Å². The van der Waals surface area contributed by atoms with E-state index in [2.05, 4.69) is 5.32 Å². The Labute approximate surface area is 54.3 Å². The zero-order valence-corrected chi connectivity index (χ0v) is 5.22. The summed E-state index contributed by atoms with van der Waals surface area (Å²) in [4.78, 5) is 0. The number of fused-ring (bicyclic) bond motifs is 1. The molecule has 3 nitrogen and oxygen atoms in total. The van der Waals surface area contributed by atoms with Crippen LogP contribution in [0.15, 0.2) is 0 Å². The van der Waals surface area contributed by atoms with Gasteiger partial charge in [-0.2, -0.15) is 0 Å². The maximum atomic E-state index is 5.38. The summed E-state index contributed by atoms with van der Waals surface area (Å²) in [6.07, 6.45) is 1.33. The van der Waals surface area contributed by atoms with Gasteiger partial charge in [0.1, 0.15) is 12.2 Å². The monoisotopic (exact) mass is 128 g/mol. The summed E-state index contributed by atoms with van der Waals surface area (Å²) in [5.74, 6) is 0. The Bertz CT molecular complexity index is 95.2. The van der Waals surface area contributed by atoms with Gasteiger partial charge in [0.25, 0.3) is 0 Å². The second kappa shape index (κ2) is 2.25. The third kappa shape index (κ3) is 0.956. The summed E-state index contributed by atoms with van der Waals surface area (Å²) in [6, 6.07) is 0. The smallest absolute Gasteiger partial charge is 0.140 e. The highest BCUT2D eigenvalue weighted by Crippen LogP contribution is 2.19. The fourth-order valence-corrected chi connectivity index (χ4v) is 1.21. The molecule has 0 amide bonds. The normalized spacial score (nSPS) is 36.7. The maximum Gasteiger partial charge on any atom is 0.140 e. The van der Waals surface area contributed by atoms with Gasteiger partial charge in [-0.1, -0.05) is 0 Å². The van der Waals surface area contributed by atoms with Crippen LogP contribution in [0.5, 0.6) is 0 Å². The van der Waals surface area contributed by atoms with Gasteiger partial charge in [-0.25, -0.2) is 0 Å². The van der Waals surface area contributed by atoms with E-state index in [4.69, 9.17) is 9.47 Å². The van der Waals surface area contributed by atoms with Crippen molar-refractivity contribution in [1.29, 1.82) is 0 Å². The van der Waals surface area contributed by atoms with Crippen LogP contribution in [0.2, 0.25) is 0 Å². The van der Waals surface area contributed by atoms with E-state index in [1.807, 2.05) is 0 Å². The molecular weight excluding hydrogens is 118 g/mol. The molecule has 0 saturated carbocycles. The Morgan fingerprint density at radius 2 is 2.44 bits per heavy atom. The van der Waals surface area contributed by atoms with Crippen molar-refractivity contribution in [1.82, 2.24) is 5.32 Å². The lowest BCUT2D eigenvalue weighted by Gasteiger charge is -2.23. The van der Waals surface area contributed by atoms with Crippen LogP contribution in [-0.2, 0) is 9.47 Å². The van der Waals surface area contributed by atoms with Gasteiger partial charge in [-0.05, 0) is 0 Å². The first kappa shape index (κ1) is 5.65. The Morgan fingerprint density at radius 1 is 1.44 bits per heavy atom. The van der Waals surface area contributed by atoms with Crippen LogP contribution >= 0.6 is 0 Å². The van der Waals surface area contributed by atoms with Crippen molar-refractivity contribution in [2.45, 2.75) is 6.10 Å². The fourth-order valence-electron chi connectivity index (χ4n) is 1.21. The molecular formula is C6H10NO2. The molecule has 2 aliphatic heterocycles. The van der Waals surface area contributed by atoms with Crippen molar-refractivity contribution >= 4 is 0 Å². The Morgan fingerprint density at radius 3 is 3.33 bits per heavy atom. The van der Waals surface area contributed by atoms with Crippen molar-refractivity contribution in [3.63, 3.8) is 0 Å². The van der Waals surface area contributed by atoms with E-state index in [1.165, 1.54) is 0 Å². The number of hydrogen-bond acceptors (Lipinski definition) is 3. The minimum atomic E-state index is 0.249. The van der Waals surface area contributed by atoms with Gasteiger partial charge in [0, 0.05) is 13.1 Å². The molecule has 0 aliphatic carbocycles. The molecule has 0 aromatic carbocycles. The highest BCUT2D eigenvalue weighted by Gasteiger charge is 2.32. The topological polar surface area (TPSA) is 30.5 Å². The Hall–Kier alpha value is -0.120. The van der Waals surface area contributed by atoms with Crippen molar-refractivity contribution in [3.8, 4) is 0 Å². The quantitative estimate of drug-likeness (QED) is 0.478. The predicted molar refractivity (Wildman–Crippen MR) is 31.8 cm³/mol. The van der Waals surface area contributed by atoms with E-state index < -0.39 is 0 Å². The number of hydrogen-bond donors (Lipinski definition) is 1. The molecule has 2 aliphatic rings. The summed E-state index contributed by atoms with van der Waals surface area (Å²) in [5, 5.41) is 3.18. The summed E-state index contributed by atoms with van der Waals surface area (Å²) in [5.41, 5.74) is 0. The molecule has 9 heavy (non-hydrogen) atoms. The third-order valence-corrected chi connectivity index (χ3v) is 1.68. The summed E-state index contributed by atoms with van der Waals surface area (Å²) < 4.78 is 10.7. The van der Waals surface area contributed by atoms with Crippen molar-refractivity contribution in [2.75, 3.05) is 26.3 Å². The minimum Gasteiger partial charge on any atom is -0.371 e. The van der Waals surface area contributed by atoms with Gasteiger partial charge in [0.05, 0.1) is 13.2 Å². The van der Waals surface area contributed by atoms with Gasteiger partial charge in [-0.3, -0.25) is 0 Å². The predicted octanol–water partition coefficient (Wildman–Crippen LogP) is -0.463. The van der Waals surface area contributed by atoms with Crippen molar-refractivity contribution in [3.05, 3.63) is 6.10 Å². The zero-order chi connectivity index (χ0) is 6.10. The molecule has 1 atom stereocenters. The van der Waals surface area contributed by atoms with Crippen LogP contribution in [-0.4, -0.2) is 32.4 Å². The second-order valence-corrected chi connectivity index (χ2v) is 2.31. The molecule has 2 heterocycles. The molecule has 1 radical (unpaired) electrons. The molecule has 2 saturated heterocycles. The molecule has 0 bridgehead atoms. The van der Waals surface area contributed by atoms with Gasteiger partial charge < -0.3 is 14.8 Å². The molecule has 1 N–H and O–H groups in total. The van der Waals surface area contributed by atoms with Crippen LogP contribution in [0.4, 0.5) is 0 Å². The lowest BCUT2D eigenvalue weighted by Crippen LogP contribution is -2.30. The second-order valence-electron chi connectivity index (χ2n) is 2.31. The first-order chi connectivity index (χ1) is 4.47.